The molecule has 0 saturated heterocycles. The van der Waals surface area contributed by atoms with E-state index in [-0.39, 0.29) is 0 Å². The third-order valence-corrected chi connectivity index (χ3v) is 2.60. The van der Waals surface area contributed by atoms with E-state index < -0.39 is 0 Å². The summed E-state index contributed by atoms with van der Waals surface area (Å²) in [7, 11) is 0. The van der Waals surface area contributed by atoms with E-state index in [0.717, 1.165) is 30.3 Å². The van der Waals surface area contributed by atoms with Crippen LogP contribution in [0.25, 0.3) is 0 Å². The highest BCUT2D eigenvalue weighted by atomic mass is 35.5. The van der Waals surface area contributed by atoms with Crippen LogP contribution in [0.3, 0.4) is 0 Å². The predicted molar refractivity (Wildman–Crippen MR) is 73.8 cm³/mol. The van der Waals surface area contributed by atoms with E-state index in [0.29, 0.717) is 5.02 Å². The number of benzene rings is 2. The Labute approximate surface area is 112 Å². The molecule has 0 aromatic heterocycles. The Balaban J connectivity index is 1.99. The molecule has 0 aliphatic rings. The van der Waals surface area contributed by atoms with Gasteiger partial charge in [-0.2, -0.15) is 0 Å². The highest BCUT2D eigenvalue weighted by Gasteiger charge is 1.98. The van der Waals surface area contributed by atoms with Crippen LogP contribution in [0.2, 0.25) is 5.02 Å². The van der Waals surface area contributed by atoms with Crippen LogP contribution >= 0.6 is 11.6 Å². The topological polar surface area (TPSA) is 18.5 Å². The second kappa shape index (κ2) is 6.31. The van der Waals surface area contributed by atoms with Gasteiger partial charge in [-0.15, -0.1) is 0 Å². The molecular weight excluding hydrogens is 248 g/mol. The Kier molecular flexibility index (Phi) is 4.48. The van der Waals surface area contributed by atoms with Gasteiger partial charge >= 0.3 is 0 Å². The van der Waals surface area contributed by atoms with Crippen LogP contribution in [0.15, 0.2) is 48.5 Å². The monoisotopic (exact) mass is 262 g/mol. The number of halogens is 1. The first-order valence-corrected chi connectivity index (χ1v) is 6.32. The Morgan fingerprint density at radius 1 is 0.833 bits per heavy atom. The molecule has 0 aliphatic heterocycles. The molecule has 0 amide bonds. The molecule has 0 spiro atoms. The van der Waals surface area contributed by atoms with E-state index in [1.54, 1.807) is 12.1 Å². The zero-order valence-electron chi connectivity index (χ0n) is 10.2. The quantitative estimate of drug-likeness (QED) is 0.761. The molecule has 0 aliphatic carbocycles. The molecule has 0 heterocycles. The standard InChI is InChI=1S/C15H15ClO2/c1-2-11-17-13-7-9-15(10-8-13)18-14-5-3-12(16)4-6-14/h3-10H,2,11H2,1H3. The third-order valence-electron chi connectivity index (χ3n) is 2.35. The summed E-state index contributed by atoms with van der Waals surface area (Å²) in [6.45, 7) is 2.81. The number of hydrogen-bond acceptors (Lipinski definition) is 2. The summed E-state index contributed by atoms with van der Waals surface area (Å²) in [4.78, 5) is 0. The fourth-order valence-corrected chi connectivity index (χ4v) is 1.59. The van der Waals surface area contributed by atoms with Crippen molar-refractivity contribution in [3.8, 4) is 17.2 Å². The van der Waals surface area contributed by atoms with Crippen LogP contribution in [-0.2, 0) is 0 Å². The van der Waals surface area contributed by atoms with Gasteiger partial charge in [0.05, 0.1) is 6.61 Å². The van der Waals surface area contributed by atoms with Crippen LogP contribution in [0.1, 0.15) is 13.3 Å². The maximum absolute atomic E-state index is 5.81. The molecule has 18 heavy (non-hydrogen) atoms. The summed E-state index contributed by atoms with van der Waals surface area (Å²) in [5.74, 6) is 2.41. The fourth-order valence-electron chi connectivity index (χ4n) is 1.46. The minimum Gasteiger partial charge on any atom is -0.494 e. The van der Waals surface area contributed by atoms with Crippen molar-refractivity contribution >= 4 is 11.6 Å². The van der Waals surface area contributed by atoms with Crippen LogP contribution in [-0.4, -0.2) is 6.61 Å². The van der Waals surface area contributed by atoms with Gasteiger partial charge in [0.25, 0.3) is 0 Å². The highest BCUT2D eigenvalue weighted by Crippen LogP contribution is 2.24. The molecule has 94 valence electrons. The Morgan fingerprint density at radius 3 is 1.89 bits per heavy atom. The Hall–Kier alpha value is -1.67. The lowest BCUT2D eigenvalue weighted by Crippen LogP contribution is -1.94. The SMILES string of the molecule is CCCOc1ccc(Oc2ccc(Cl)cc2)cc1. The molecule has 0 unspecified atom stereocenters. The van der Waals surface area contributed by atoms with Crippen molar-refractivity contribution in [1.82, 2.24) is 0 Å². The van der Waals surface area contributed by atoms with Gasteiger partial charge < -0.3 is 9.47 Å². The van der Waals surface area contributed by atoms with Crippen molar-refractivity contribution in [3.63, 3.8) is 0 Å². The molecule has 2 nitrogen and oxygen atoms in total. The second-order valence-electron chi connectivity index (χ2n) is 3.88. The van der Waals surface area contributed by atoms with Gasteiger partial charge in [-0.25, -0.2) is 0 Å². The minimum atomic E-state index is 0.700. The average molecular weight is 263 g/mol. The second-order valence-corrected chi connectivity index (χ2v) is 4.31. The largest absolute Gasteiger partial charge is 0.494 e. The lowest BCUT2D eigenvalue weighted by Gasteiger charge is -2.07. The zero-order chi connectivity index (χ0) is 12.8. The summed E-state index contributed by atoms with van der Waals surface area (Å²) in [6.07, 6.45) is 1.00. The van der Waals surface area contributed by atoms with Gasteiger partial charge in [-0.3, -0.25) is 0 Å². The van der Waals surface area contributed by atoms with Crippen molar-refractivity contribution in [2.45, 2.75) is 13.3 Å². The molecule has 0 radical (unpaired) electrons. The molecule has 2 aromatic rings. The molecular formula is C15H15ClO2. The predicted octanol–water partition coefficient (Wildman–Crippen LogP) is 4.92. The summed E-state index contributed by atoms with van der Waals surface area (Å²) in [5.41, 5.74) is 0. The maximum atomic E-state index is 5.81. The molecule has 0 N–H and O–H groups in total. The van der Waals surface area contributed by atoms with Gasteiger partial charge in [-0.05, 0) is 55.0 Å². The first-order chi connectivity index (χ1) is 8.78. The third kappa shape index (κ3) is 3.67. The van der Waals surface area contributed by atoms with Gasteiger partial charge in [-0.1, -0.05) is 18.5 Å². The number of hydrogen-bond donors (Lipinski definition) is 0. The summed E-state index contributed by atoms with van der Waals surface area (Å²) >= 11 is 5.81. The van der Waals surface area contributed by atoms with Gasteiger partial charge in [0, 0.05) is 5.02 Å². The van der Waals surface area contributed by atoms with E-state index in [9.17, 15) is 0 Å². The van der Waals surface area contributed by atoms with Crippen LogP contribution in [0, 0.1) is 0 Å². The maximum Gasteiger partial charge on any atom is 0.127 e. The normalized spacial score (nSPS) is 10.1. The summed E-state index contributed by atoms with van der Waals surface area (Å²) < 4.78 is 11.2. The number of ether oxygens (including phenoxy) is 2. The van der Waals surface area contributed by atoms with Crippen LogP contribution in [0.5, 0.6) is 17.2 Å². The molecule has 3 heteroatoms. The fraction of sp³-hybridized carbons (Fsp3) is 0.200. The Bertz CT molecular complexity index is 477. The van der Waals surface area contributed by atoms with Crippen LogP contribution < -0.4 is 9.47 Å². The first-order valence-electron chi connectivity index (χ1n) is 5.94. The van der Waals surface area contributed by atoms with Crippen molar-refractivity contribution in [2.75, 3.05) is 6.61 Å². The van der Waals surface area contributed by atoms with Crippen molar-refractivity contribution in [2.24, 2.45) is 0 Å². The lowest BCUT2D eigenvalue weighted by molar-refractivity contribution is 0.317. The van der Waals surface area contributed by atoms with Gasteiger partial charge in [0.1, 0.15) is 17.2 Å². The molecule has 2 aromatic carbocycles. The first kappa shape index (κ1) is 12.8. The summed E-state index contributed by atoms with van der Waals surface area (Å²) in [5, 5.41) is 0.700. The van der Waals surface area contributed by atoms with E-state index >= 15 is 0 Å². The minimum absolute atomic E-state index is 0.700. The van der Waals surface area contributed by atoms with E-state index in [4.69, 9.17) is 21.1 Å². The average Bonchev–Trinajstić information content (AvgIpc) is 2.41. The molecule has 0 saturated carbocycles. The molecule has 0 atom stereocenters. The van der Waals surface area contributed by atoms with Crippen molar-refractivity contribution in [1.29, 1.82) is 0 Å². The van der Waals surface area contributed by atoms with E-state index in [1.807, 2.05) is 36.4 Å². The summed E-state index contributed by atoms with van der Waals surface area (Å²) in [6, 6.07) is 14.9. The lowest BCUT2D eigenvalue weighted by atomic mass is 10.3. The highest BCUT2D eigenvalue weighted by molar-refractivity contribution is 6.30. The van der Waals surface area contributed by atoms with Crippen LogP contribution in [0.4, 0.5) is 0 Å². The van der Waals surface area contributed by atoms with Gasteiger partial charge in [0.2, 0.25) is 0 Å². The molecule has 0 bridgehead atoms. The zero-order valence-corrected chi connectivity index (χ0v) is 11.0. The van der Waals surface area contributed by atoms with E-state index in [1.165, 1.54) is 0 Å². The van der Waals surface area contributed by atoms with E-state index in [2.05, 4.69) is 6.92 Å². The Morgan fingerprint density at radius 2 is 1.33 bits per heavy atom. The van der Waals surface area contributed by atoms with Gasteiger partial charge in [0.15, 0.2) is 0 Å². The van der Waals surface area contributed by atoms with Crippen molar-refractivity contribution < 1.29 is 9.47 Å². The number of rotatable bonds is 5. The molecule has 0 fully saturated rings. The van der Waals surface area contributed by atoms with Crippen molar-refractivity contribution in [3.05, 3.63) is 53.6 Å². The smallest absolute Gasteiger partial charge is 0.127 e. The molecule has 2 rings (SSSR count).